The lowest BCUT2D eigenvalue weighted by atomic mass is 9.66. The van der Waals surface area contributed by atoms with Gasteiger partial charge in [-0.25, -0.2) is 0 Å². The van der Waals surface area contributed by atoms with Gasteiger partial charge in [0.05, 0.1) is 16.8 Å². The Labute approximate surface area is 457 Å². The van der Waals surface area contributed by atoms with E-state index in [1.54, 1.807) is 0 Å². The fraction of sp³-hybridized carbons (Fsp3) is 0.0400. The third-order valence-electron chi connectivity index (χ3n) is 16.8. The molecule has 0 saturated heterocycles. The van der Waals surface area contributed by atoms with Crippen LogP contribution in [-0.4, -0.2) is 0 Å². The van der Waals surface area contributed by atoms with Crippen molar-refractivity contribution in [3.8, 4) is 11.1 Å². The third kappa shape index (κ3) is 6.74. The summed E-state index contributed by atoms with van der Waals surface area (Å²) in [5.74, 6) is 0. The fourth-order valence-corrected chi connectivity index (χ4v) is 13.3. The molecule has 0 fully saturated rings. The van der Waals surface area contributed by atoms with Gasteiger partial charge >= 0.3 is 0 Å². The minimum Gasteiger partial charge on any atom is -0.454 e. The van der Waals surface area contributed by atoms with Gasteiger partial charge in [-0.15, -0.1) is 0 Å². The average Bonchev–Trinajstić information content (AvgIpc) is 3.71. The normalized spacial score (nSPS) is 12.8. The standard InChI is InChI=1S/C75H50N2O2/c1-47-31-36-53(37-32-47)76(67-27-15-25-62-58-22-11-13-29-69(58)78-73(62)67)55-40-35-49-44-65-66(45-50(49)43-55)75(51-17-5-3-6-18-51,52-19-7-4-8-20-52)72-61-42-41-56(46-64(61)57-21-9-10-24-60(57)71(65)72)77(54-38-33-48(2)34-39-54)68-28-16-26-63-59-23-12-14-30-70(59)79-74(63)68/h3-46H,1-2H3. The van der Waals surface area contributed by atoms with Gasteiger partial charge in [-0.3, -0.25) is 0 Å². The fourth-order valence-electron chi connectivity index (χ4n) is 13.3. The third-order valence-corrected chi connectivity index (χ3v) is 16.8. The first kappa shape index (κ1) is 45.1. The summed E-state index contributed by atoms with van der Waals surface area (Å²) < 4.78 is 13.6. The van der Waals surface area contributed by atoms with E-state index in [9.17, 15) is 0 Å². The van der Waals surface area contributed by atoms with Gasteiger partial charge in [0.1, 0.15) is 11.2 Å². The zero-order chi connectivity index (χ0) is 52.3. The lowest BCUT2D eigenvalue weighted by Gasteiger charge is -2.35. The molecule has 1 aliphatic carbocycles. The predicted molar refractivity (Wildman–Crippen MR) is 330 cm³/mol. The zero-order valence-electron chi connectivity index (χ0n) is 43.6. The summed E-state index contributed by atoms with van der Waals surface area (Å²) in [6, 6.07) is 98.0. The summed E-state index contributed by atoms with van der Waals surface area (Å²) in [4.78, 5) is 4.74. The van der Waals surface area contributed by atoms with Gasteiger partial charge in [-0.2, -0.15) is 0 Å². The van der Waals surface area contributed by atoms with Crippen molar-refractivity contribution >= 4 is 110 Å². The quantitative estimate of drug-likeness (QED) is 0.142. The second-order valence-corrected chi connectivity index (χ2v) is 21.3. The predicted octanol–water partition coefficient (Wildman–Crippen LogP) is 20.9. The Kier molecular flexibility index (Phi) is 9.95. The summed E-state index contributed by atoms with van der Waals surface area (Å²) in [7, 11) is 0. The van der Waals surface area contributed by atoms with E-state index in [1.807, 2.05) is 12.1 Å². The number of hydrogen-bond donors (Lipinski definition) is 0. The van der Waals surface area contributed by atoms with E-state index in [0.717, 1.165) is 83.4 Å². The maximum Gasteiger partial charge on any atom is 0.159 e. The topological polar surface area (TPSA) is 32.8 Å². The van der Waals surface area contributed by atoms with Gasteiger partial charge in [0, 0.05) is 44.3 Å². The van der Waals surface area contributed by atoms with E-state index in [1.165, 1.54) is 71.4 Å². The van der Waals surface area contributed by atoms with Crippen molar-refractivity contribution in [1.82, 2.24) is 0 Å². The van der Waals surface area contributed by atoms with Crippen LogP contribution in [0.5, 0.6) is 0 Å². The molecule has 372 valence electrons. The number of rotatable bonds is 8. The van der Waals surface area contributed by atoms with Crippen molar-refractivity contribution in [2.45, 2.75) is 19.3 Å². The van der Waals surface area contributed by atoms with Crippen LogP contribution in [0.25, 0.3) is 87.3 Å². The van der Waals surface area contributed by atoms with Crippen LogP contribution in [0.3, 0.4) is 0 Å². The molecule has 0 spiro atoms. The number of nitrogens with zero attached hydrogens (tertiary/aromatic N) is 2. The minimum atomic E-state index is -0.714. The van der Waals surface area contributed by atoms with Gasteiger partial charge in [0.2, 0.25) is 0 Å². The first-order valence-electron chi connectivity index (χ1n) is 27.2. The highest BCUT2D eigenvalue weighted by Gasteiger charge is 2.48. The Morgan fingerprint density at radius 1 is 0.316 bits per heavy atom. The first-order chi connectivity index (χ1) is 39.0. The molecule has 13 aromatic carbocycles. The van der Waals surface area contributed by atoms with Crippen LogP contribution in [0.1, 0.15) is 33.4 Å². The highest BCUT2D eigenvalue weighted by atomic mass is 16.3. The molecule has 4 heteroatoms. The Morgan fingerprint density at radius 3 is 1.35 bits per heavy atom. The molecular weight excluding hydrogens is 961 g/mol. The highest BCUT2D eigenvalue weighted by molar-refractivity contribution is 6.21. The molecular formula is C75H50N2O2. The Bertz CT molecular complexity index is 4880. The van der Waals surface area contributed by atoms with E-state index in [2.05, 4.69) is 278 Å². The summed E-state index contributed by atoms with van der Waals surface area (Å²) in [5, 5.41) is 11.5. The van der Waals surface area contributed by atoms with Crippen molar-refractivity contribution in [1.29, 1.82) is 0 Å². The van der Waals surface area contributed by atoms with Crippen LogP contribution in [0, 0.1) is 13.8 Å². The molecule has 0 aliphatic heterocycles. The van der Waals surface area contributed by atoms with E-state index in [0.29, 0.717) is 0 Å². The Balaban J connectivity index is 0.968. The van der Waals surface area contributed by atoms with Crippen molar-refractivity contribution in [3.05, 3.63) is 300 Å². The van der Waals surface area contributed by atoms with E-state index in [4.69, 9.17) is 8.83 Å². The first-order valence-corrected chi connectivity index (χ1v) is 27.2. The molecule has 2 aromatic heterocycles. The van der Waals surface area contributed by atoms with Gasteiger partial charge < -0.3 is 18.6 Å². The van der Waals surface area contributed by atoms with Crippen molar-refractivity contribution in [2.24, 2.45) is 0 Å². The van der Waals surface area contributed by atoms with Gasteiger partial charge in [-0.1, -0.05) is 193 Å². The van der Waals surface area contributed by atoms with E-state index in [-0.39, 0.29) is 0 Å². The molecule has 1 aliphatic rings. The van der Waals surface area contributed by atoms with Crippen molar-refractivity contribution < 1.29 is 8.83 Å². The van der Waals surface area contributed by atoms with Crippen LogP contribution in [0.15, 0.2) is 276 Å². The number of anilines is 6. The second kappa shape index (κ2) is 17.4. The second-order valence-electron chi connectivity index (χ2n) is 21.3. The molecule has 0 amide bonds. The van der Waals surface area contributed by atoms with E-state index >= 15 is 0 Å². The molecule has 2 heterocycles. The average molecular weight is 1010 g/mol. The molecule has 0 N–H and O–H groups in total. The highest BCUT2D eigenvalue weighted by Crippen LogP contribution is 2.61. The molecule has 15 aromatic rings. The van der Waals surface area contributed by atoms with Crippen molar-refractivity contribution in [3.63, 3.8) is 0 Å². The SMILES string of the molecule is Cc1ccc(N(c2ccc3cc4c(cc3c2)C(c2ccccc2)(c2ccccc2)c2c-4c3ccccc3c3cc(N(c4ccc(C)cc4)c4cccc5c4oc4ccccc45)ccc23)c2cccc3c2oc2ccccc23)cc1. The number of fused-ring (bicyclic) bond motifs is 15. The summed E-state index contributed by atoms with van der Waals surface area (Å²) in [5.41, 5.74) is 18.8. The molecule has 0 bridgehead atoms. The van der Waals surface area contributed by atoms with Gasteiger partial charge in [0.25, 0.3) is 0 Å². The van der Waals surface area contributed by atoms with E-state index < -0.39 is 5.41 Å². The Morgan fingerprint density at radius 2 is 0.785 bits per heavy atom. The number of para-hydroxylation sites is 4. The number of hydrogen-bond acceptors (Lipinski definition) is 4. The van der Waals surface area contributed by atoms with Crippen LogP contribution in [0.2, 0.25) is 0 Å². The van der Waals surface area contributed by atoms with Crippen LogP contribution in [0.4, 0.5) is 34.1 Å². The molecule has 4 nitrogen and oxygen atoms in total. The number of furan rings is 2. The lowest BCUT2D eigenvalue weighted by Crippen LogP contribution is -2.29. The van der Waals surface area contributed by atoms with Crippen LogP contribution < -0.4 is 9.80 Å². The Hall–Kier alpha value is -10.2. The molecule has 79 heavy (non-hydrogen) atoms. The maximum absolute atomic E-state index is 6.79. The minimum absolute atomic E-state index is 0.714. The van der Waals surface area contributed by atoms with Gasteiger partial charge in [0.15, 0.2) is 11.2 Å². The molecule has 0 atom stereocenters. The number of aryl methyl sites for hydroxylation is 2. The lowest BCUT2D eigenvalue weighted by molar-refractivity contribution is 0.668. The molecule has 0 unspecified atom stereocenters. The zero-order valence-corrected chi connectivity index (χ0v) is 43.6. The molecule has 0 radical (unpaired) electrons. The number of benzene rings is 13. The maximum atomic E-state index is 6.79. The largest absolute Gasteiger partial charge is 0.454 e. The van der Waals surface area contributed by atoms with Crippen molar-refractivity contribution in [2.75, 3.05) is 9.80 Å². The summed E-state index contributed by atoms with van der Waals surface area (Å²) in [6.07, 6.45) is 0. The molecule has 16 rings (SSSR count). The van der Waals surface area contributed by atoms with Crippen LogP contribution >= 0.6 is 0 Å². The smallest absolute Gasteiger partial charge is 0.159 e. The van der Waals surface area contributed by atoms with Gasteiger partial charge in [-0.05, 0) is 164 Å². The monoisotopic (exact) mass is 1010 g/mol. The summed E-state index contributed by atoms with van der Waals surface area (Å²) >= 11 is 0. The molecule has 0 saturated carbocycles. The summed E-state index contributed by atoms with van der Waals surface area (Å²) in [6.45, 7) is 4.29. The van der Waals surface area contributed by atoms with Crippen LogP contribution in [-0.2, 0) is 5.41 Å².